The van der Waals surface area contributed by atoms with Crippen molar-refractivity contribution < 1.29 is 65.3 Å². The minimum Gasteiger partial charge on any atom is -0.481 e. The Labute approximate surface area is 523 Å². The number of halogens is 3. The monoisotopic (exact) mass is 1280 g/mol. The molecule has 22 nitrogen and oxygen atoms in total. The summed E-state index contributed by atoms with van der Waals surface area (Å²) in [5, 5.41) is 26.2. The van der Waals surface area contributed by atoms with E-state index in [9.17, 15) is 46.7 Å². The van der Waals surface area contributed by atoms with Gasteiger partial charge >= 0.3 is 22.1 Å². The zero-order chi connectivity index (χ0) is 64.2. The second-order valence-corrected chi connectivity index (χ2v) is 27.2. The number of likely N-dealkylation sites (tertiary alicyclic amines) is 2. The van der Waals surface area contributed by atoms with Crippen molar-refractivity contribution in [3.05, 3.63) is 119 Å². The van der Waals surface area contributed by atoms with E-state index >= 15 is 8.78 Å². The number of ketones is 1. The highest BCUT2D eigenvalue weighted by atomic mass is 32.2. The van der Waals surface area contributed by atoms with Gasteiger partial charge in [-0.2, -0.15) is 12.7 Å². The smallest absolute Gasteiger partial charge is 0.306 e. The minimum absolute atomic E-state index is 0.0155. The Bertz CT molecular complexity index is 3740. The van der Waals surface area contributed by atoms with Crippen molar-refractivity contribution in [1.29, 1.82) is 0 Å². The number of β-amino-alcohol motifs (C(OH)–C–C–N with tert-alkyl or cyclic N) is 1. The van der Waals surface area contributed by atoms with Crippen molar-refractivity contribution in [2.45, 2.75) is 96.6 Å². The molecule has 4 saturated heterocycles. The number of aromatic nitrogens is 3. The van der Waals surface area contributed by atoms with E-state index in [2.05, 4.69) is 40.3 Å². The van der Waals surface area contributed by atoms with Gasteiger partial charge in [0.1, 0.15) is 36.3 Å². The number of nitrogens with zero attached hydrogens (tertiary/aromatic N) is 7. The van der Waals surface area contributed by atoms with Crippen LogP contribution in [0.2, 0.25) is 0 Å². The molecular formula is C63H74F3N11O11S2. The predicted octanol–water partition coefficient (Wildman–Crippen LogP) is 6.46. The maximum absolute atomic E-state index is 15.9. The van der Waals surface area contributed by atoms with Crippen LogP contribution in [0.15, 0.2) is 84.6 Å². The van der Waals surface area contributed by atoms with E-state index in [-0.39, 0.29) is 57.0 Å². The van der Waals surface area contributed by atoms with E-state index < -0.39 is 111 Å². The van der Waals surface area contributed by atoms with Gasteiger partial charge in [0, 0.05) is 93.4 Å². The van der Waals surface area contributed by atoms with Crippen LogP contribution in [0.25, 0.3) is 32.6 Å². The van der Waals surface area contributed by atoms with Gasteiger partial charge in [-0.15, -0.1) is 11.3 Å². The van der Waals surface area contributed by atoms with Gasteiger partial charge in [0.25, 0.3) is 0 Å². The number of carbonyl (C=O) groups is 6. The van der Waals surface area contributed by atoms with E-state index in [1.807, 2.05) is 68.8 Å². The number of nitrogens with one attached hydrogen (secondary N) is 4. The van der Waals surface area contributed by atoms with Gasteiger partial charge in [0.2, 0.25) is 23.5 Å². The topological polar surface area (TPSA) is 280 Å². The number of alkyl halides is 1. The zero-order valence-corrected chi connectivity index (χ0v) is 52.1. The largest absolute Gasteiger partial charge is 0.481 e. The van der Waals surface area contributed by atoms with Gasteiger partial charge in [-0.05, 0) is 97.6 Å². The molecule has 27 heteroatoms. The predicted molar refractivity (Wildman–Crippen MR) is 331 cm³/mol. The number of amides is 3. The zero-order valence-electron chi connectivity index (χ0n) is 50.4. The number of esters is 1. The molecule has 6 aromatic rings. The molecule has 1 unspecified atom stereocenters. The van der Waals surface area contributed by atoms with Crippen molar-refractivity contribution in [3.63, 3.8) is 0 Å². The van der Waals surface area contributed by atoms with E-state index in [1.54, 1.807) is 29.9 Å². The van der Waals surface area contributed by atoms with Crippen LogP contribution >= 0.6 is 11.3 Å². The number of anilines is 2. The maximum atomic E-state index is 15.9. The summed E-state index contributed by atoms with van der Waals surface area (Å²) in [5.74, 6) is -6.59. The molecule has 480 valence electrons. The number of benzene rings is 3. The summed E-state index contributed by atoms with van der Waals surface area (Å²) in [5.41, 5.74) is 4.34. The molecule has 0 radical (unpaired) electrons. The Morgan fingerprint density at radius 2 is 1.56 bits per heavy atom. The second kappa shape index (κ2) is 27.7. The molecule has 90 heavy (non-hydrogen) atoms. The molecule has 0 bridgehead atoms. The average molecular weight is 1280 g/mol. The molecule has 3 aromatic heterocycles. The van der Waals surface area contributed by atoms with Crippen molar-refractivity contribution in [2.75, 3.05) is 88.2 Å². The summed E-state index contributed by atoms with van der Waals surface area (Å²) in [6, 6.07) is 15.5. The third kappa shape index (κ3) is 15.3. The van der Waals surface area contributed by atoms with Crippen molar-refractivity contribution in [1.82, 2.24) is 44.6 Å². The first-order valence-electron chi connectivity index (χ1n) is 30.1. The number of carbonyl (C=O) groups excluding carboxylic acids is 5. The van der Waals surface area contributed by atoms with Gasteiger partial charge in [-0.25, -0.2) is 23.1 Å². The Morgan fingerprint density at radius 1 is 0.844 bits per heavy atom. The summed E-state index contributed by atoms with van der Waals surface area (Å²) >= 11 is 1.48. The molecular weight excluding hydrogens is 1210 g/mol. The maximum Gasteiger partial charge on any atom is 0.306 e. The number of hydrogen-bond acceptors (Lipinski definition) is 16. The number of fused-ring (bicyclic) bond motifs is 1. The molecule has 7 heterocycles. The van der Waals surface area contributed by atoms with Gasteiger partial charge in [-0.3, -0.25) is 43.3 Å². The number of pyridine rings is 1. The summed E-state index contributed by atoms with van der Waals surface area (Å²) in [6.45, 7) is 12.0. The van der Waals surface area contributed by atoms with Gasteiger partial charge < -0.3 is 40.4 Å². The number of carboxylic acid groups (broad SMARTS) is 1. The van der Waals surface area contributed by atoms with Crippen molar-refractivity contribution >= 4 is 79.4 Å². The fourth-order valence-electron chi connectivity index (χ4n) is 12.1. The lowest BCUT2D eigenvalue weighted by molar-refractivity contribution is -0.149. The Balaban J connectivity index is 0.694. The van der Waals surface area contributed by atoms with E-state index in [1.165, 1.54) is 22.4 Å². The number of aliphatic carboxylic acids is 1. The van der Waals surface area contributed by atoms with Crippen LogP contribution in [-0.2, 0) is 38.9 Å². The van der Waals surface area contributed by atoms with E-state index in [0.29, 0.717) is 41.2 Å². The number of piperidine rings is 1. The first-order chi connectivity index (χ1) is 42.9. The van der Waals surface area contributed by atoms with Crippen LogP contribution in [0, 0.1) is 29.9 Å². The van der Waals surface area contributed by atoms with Gasteiger partial charge in [-0.1, -0.05) is 57.2 Å². The molecule has 10 rings (SSSR count). The number of thiazole rings is 1. The van der Waals surface area contributed by atoms with Gasteiger partial charge in [0.15, 0.2) is 5.82 Å². The standard InChI is InChI=1S/C63H74F3N11O11S2/c1-37-58(89-36-69-37)41-7-5-40(6-8-41)50(35-88-54(82)16-15-53(80)81)70-61(84)51-28-45(78)33-77(51)62(85)59(63(2,3)4)71-52(79)34-73-20-17-38(18-21-73)31-74-23-25-75(26-24-74)44-11-9-39(10-12-44)42-27-46-47(30-68-60(46)67-29-42)57(83)55-48(65)13-14-49(56(55)66)72-90(86,87)76-22-19-43(64)32-76/h5-14,27,29-30,36,38,43,45,50-51,59,72,78H,15-26,28,31-35H2,1-4H3,(H,67,68)(H,70,84)(H,71,79)(H,80,81)/t43-,45-,50+,51+,59?/m1/s1. The highest BCUT2D eigenvalue weighted by Crippen LogP contribution is 2.34. The molecule has 0 spiro atoms. The van der Waals surface area contributed by atoms with Crippen molar-refractivity contribution in [3.8, 4) is 21.6 Å². The minimum atomic E-state index is -4.39. The molecule has 3 aromatic carbocycles. The van der Waals surface area contributed by atoms with Crippen LogP contribution in [0.3, 0.4) is 0 Å². The van der Waals surface area contributed by atoms with E-state index in [0.717, 1.165) is 89.4 Å². The number of aliphatic hydroxyl groups is 1. The average Bonchev–Trinajstić information content (AvgIpc) is 1.52. The number of hydrogen-bond donors (Lipinski definition) is 6. The van der Waals surface area contributed by atoms with Gasteiger partial charge in [0.05, 0.1) is 58.9 Å². The number of ether oxygens (including phenoxy) is 1. The second-order valence-electron chi connectivity index (χ2n) is 24.6. The SMILES string of the molecule is Cc1ncsc1-c1ccc([C@H](COC(=O)CCC(=O)O)NC(=O)[C@@H]2C[C@@H](O)CN2C(=O)C(NC(=O)CN2CCC(CN3CCN(c4ccc(-c5cnc6[nH]cc(C(=O)c7c(F)ccc(NS(=O)(=O)N8CC[C@@H](F)C8)c7F)c6c5)cc4)CC3)CC2)C(C)(C)C)cc1. The van der Waals surface area contributed by atoms with E-state index in [4.69, 9.17) is 9.84 Å². The van der Waals surface area contributed by atoms with Crippen LogP contribution in [0.1, 0.15) is 92.5 Å². The summed E-state index contributed by atoms with van der Waals surface area (Å²) < 4.78 is 79.0. The number of rotatable bonds is 22. The fraction of sp³-hybridized carbons (Fsp3) is 0.460. The summed E-state index contributed by atoms with van der Waals surface area (Å²) in [7, 11) is -4.39. The number of aliphatic hydroxyl groups excluding tert-OH is 1. The lowest BCUT2D eigenvalue weighted by atomic mass is 9.85. The molecule has 3 amide bonds. The van der Waals surface area contributed by atoms with Crippen molar-refractivity contribution in [2.24, 2.45) is 11.3 Å². The Hall–Kier alpha value is -7.82. The molecule has 5 atom stereocenters. The number of aryl methyl sites for hydroxylation is 1. The molecule has 6 N–H and O–H groups in total. The lowest BCUT2D eigenvalue weighted by Gasteiger charge is -2.40. The molecule has 0 saturated carbocycles. The first kappa shape index (κ1) is 65.1. The third-order valence-corrected chi connectivity index (χ3v) is 19.6. The number of carboxylic acids is 1. The Morgan fingerprint density at radius 3 is 2.21 bits per heavy atom. The highest BCUT2D eigenvalue weighted by Gasteiger charge is 2.45. The summed E-state index contributed by atoms with van der Waals surface area (Å²) in [4.78, 5) is 101. The van der Waals surface area contributed by atoms with Crippen LogP contribution in [-0.4, -0.2) is 191 Å². The first-order valence-corrected chi connectivity index (χ1v) is 32.4. The molecule has 4 fully saturated rings. The lowest BCUT2D eigenvalue weighted by Crippen LogP contribution is -2.59. The molecule has 4 aliphatic rings. The number of piperazine rings is 1. The van der Waals surface area contributed by atoms with Crippen LogP contribution in [0.5, 0.6) is 0 Å². The fourth-order valence-corrected chi connectivity index (χ4v) is 14.2. The number of H-pyrrole nitrogens is 1. The van der Waals surface area contributed by atoms with Crippen LogP contribution in [0.4, 0.5) is 24.5 Å². The third-order valence-electron chi connectivity index (χ3n) is 17.2. The number of aromatic amines is 1. The summed E-state index contributed by atoms with van der Waals surface area (Å²) in [6.07, 6.45) is 1.41. The van der Waals surface area contributed by atoms with Crippen LogP contribution < -0.4 is 20.3 Å². The molecule has 4 aliphatic heterocycles. The highest BCUT2D eigenvalue weighted by molar-refractivity contribution is 7.90. The quantitative estimate of drug-likeness (QED) is 0.0314. The Kier molecular flexibility index (Phi) is 20.1. The molecule has 0 aliphatic carbocycles. The normalized spacial score (nSPS) is 19.6.